The first-order valence-electron chi connectivity index (χ1n) is 9.88. The molecule has 2 N–H and O–H groups in total. The molecule has 24 heavy (non-hydrogen) atoms. The normalized spacial score (nSPS) is 15.0. The maximum atomic E-state index is 12.0. The van der Waals surface area contributed by atoms with Crippen LogP contribution in [0.4, 0.5) is 0 Å². The van der Waals surface area contributed by atoms with E-state index in [-0.39, 0.29) is 5.78 Å². The Kier molecular flexibility index (Phi) is 12.9. The Hall–Kier alpha value is -0.900. The zero-order valence-electron chi connectivity index (χ0n) is 16.1. The number of carboxylic acids is 1. The predicted octanol–water partition coefficient (Wildman–Crippen LogP) is 3.75. The van der Waals surface area contributed by atoms with E-state index in [1.165, 1.54) is 6.92 Å². The van der Waals surface area contributed by atoms with E-state index in [1.807, 2.05) is 0 Å². The van der Waals surface area contributed by atoms with Gasteiger partial charge in [0, 0.05) is 6.04 Å². The van der Waals surface area contributed by atoms with Crippen LogP contribution in [-0.2, 0) is 9.59 Å². The van der Waals surface area contributed by atoms with Gasteiger partial charge in [-0.1, -0.05) is 71.6 Å². The van der Waals surface area contributed by atoms with Crippen molar-refractivity contribution in [1.82, 2.24) is 0 Å². The zero-order valence-corrected chi connectivity index (χ0v) is 16.1. The number of unbranched alkanes of at least 4 members (excludes halogenated alkanes) is 7. The lowest BCUT2D eigenvalue weighted by Gasteiger charge is -2.32. The summed E-state index contributed by atoms with van der Waals surface area (Å²) in [6.07, 6.45) is 12.0. The fourth-order valence-corrected chi connectivity index (χ4v) is 3.25. The van der Waals surface area contributed by atoms with E-state index in [0.29, 0.717) is 18.9 Å². The second kappa shape index (κ2) is 13.4. The molecule has 0 aromatic heterocycles. The summed E-state index contributed by atoms with van der Waals surface area (Å²) in [5, 5.41) is 11.7. The van der Waals surface area contributed by atoms with Crippen LogP contribution in [0.1, 0.15) is 104 Å². The Morgan fingerprint density at radius 2 is 1.42 bits per heavy atom. The molecular formula is C20H38NO3-. The van der Waals surface area contributed by atoms with Crippen molar-refractivity contribution in [3.05, 3.63) is 0 Å². The molecule has 0 saturated heterocycles. The van der Waals surface area contributed by atoms with Gasteiger partial charge in [0.1, 0.15) is 5.78 Å². The number of hydrogen-bond donors (Lipinski definition) is 1. The van der Waals surface area contributed by atoms with Crippen molar-refractivity contribution < 1.29 is 14.7 Å². The van der Waals surface area contributed by atoms with Crippen molar-refractivity contribution in [2.45, 2.75) is 110 Å². The Balaban J connectivity index is 4.22. The molecule has 2 atom stereocenters. The molecule has 0 amide bonds. The number of aliphatic carboxylic acids is 1. The Morgan fingerprint density at radius 3 is 1.88 bits per heavy atom. The zero-order chi connectivity index (χ0) is 18.4. The topological polar surface area (TPSA) is 83.2 Å². The summed E-state index contributed by atoms with van der Waals surface area (Å²) < 4.78 is 0. The predicted molar refractivity (Wildman–Crippen MR) is 97.5 cm³/mol. The van der Waals surface area contributed by atoms with E-state index in [9.17, 15) is 14.7 Å². The second-order valence-corrected chi connectivity index (χ2v) is 7.21. The van der Waals surface area contributed by atoms with Crippen molar-refractivity contribution in [2.75, 3.05) is 0 Å². The molecule has 0 saturated carbocycles. The van der Waals surface area contributed by atoms with E-state index in [2.05, 4.69) is 13.8 Å². The van der Waals surface area contributed by atoms with Gasteiger partial charge in [-0.2, -0.15) is 0 Å². The minimum atomic E-state index is -1.27. The van der Waals surface area contributed by atoms with Crippen LogP contribution in [0.15, 0.2) is 0 Å². The molecule has 4 heteroatoms. The fourth-order valence-electron chi connectivity index (χ4n) is 3.25. The maximum absolute atomic E-state index is 12.0. The van der Waals surface area contributed by atoms with Crippen molar-refractivity contribution in [3.63, 3.8) is 0 Å². The number of nitrogens with two attached hydrogens (primary N) is 1. The highest BCUT2D eigenvalue weighted by molar-refractivity contribution is 6.00. The van der Waals surface area contributed by atoms with Crippen LogP contribution in [0.3, 0.4) is 0 Å². The highest BCUT2D eigenvalue weighted by Crippen LogP contribution is 2.32. The lowest BCUT2D eigenvalue weighted by atomic mass is 9.75. The minimum absolute atomic E-state index is 0.243. The van der Waals surface area contributed by atoms with Gasteiger partial charge in [-0.25, -0.2) is 0 Å². The first-order valence-corrected chi connectivity index (χ1v) is 9.88. The Labute approximate surface area is 148 Å². The Bertz CT molecular complexity index is 341. The van der Waals surface area contributed by atoms with Gasteiger partial charge in [-0.05, 0) is 32.6 Å². The second-order valence-electron chi connectivity index (χ2n) is 7.21. The van der Waals surface area contributed by atoms with Crippen LogP contribution in [0.2, 0.25) is 0 Å². The summed E-state index contributed by atoms with van der Waals surface area (Å²) in [4.78, 5) is 23.7. The molecule has 0 aromatic rings. The van der Waals surface area contributed by atoms with Gasteiger partial charge in [0.05, 0.1) is 11.4 Å². The number of carbonyl (C=O) groups excluding carboxylic acids is 2. The molecule has 0 aromatic carbocycles. The molecule has 4 nitrogen and oxygen atoms in total. The van der Waals surface area contributed by atoms with Crippen LogP contribution in [0.25, 0.3) is 0 Å². The summed E-state index contributed by atoms with van der Waals surface area (Å²) >= 11 is 0. The quantitative estimate of drug-likeness (QED) is 0.342. The van der Waals surface area contributed by atoms with Crippen molar-refractivity contribution in [1.29, 1.82) is 0 Å². The molecule has 0 radical (unpaired) electrons. The highest BCUT2D eigenvalue weighted by atomic mass is 16.4. The van der Waals surface area contributed by atoms with Crippen LogP contribution >= 0.6 is 0 Å². The van der Waals surface area contributed by atoms with Crippen LogP contribution < -0.4 is 10.8 Å². The molecule has 0 rings (SSSR count). The highest BCUT2D eigenvalue weighted by Gasteiger charge is 2.35. The first-order chi connectivity index (χ1) is 11.4. The molecule has 0 aliphatic heterocycles. The molecule has 0 spiro atoms. The average Bonchev–Trinajstić information content (AvgIpc) is 2.54. The lowest BCUT2D eigenvalue weighted by molar-refractivity contribution is -0.317. The molecule has 0 aliphatic carbocycles. The fraction of sp³-hybridized carbons (Fsp3) is 0.900. The van der Waals surface area contributed by atoms with Gasteiger partial charge in [-0.15, -0.1) is 0 Å². The maximum Gasteiger partial charge on any atom is 0.141 e. The van der Waals surface area contributed by atoms with Crippen molar-refractivity contribution >= 4 is 11.8 Å². The number of carbonyl (C=O) groups is 2. The van der Waals surface area contributed by atoms with Gasteiger partial charge in [0.25, 0.3) is 0 Å². The number of Topliss-reactive ketones (excluding diaryl/α,β-unsaturated/α-hetero) is 1. The monoisotopic (exact) mass is 340 g/mol. The Morgan fingerprint density at radius 1 is 0.917 bits per heavy atom. The van der Waals surface area contributed by atoms with Gasteiger partial charge in [-0.3, -0.25) is 4.79 Å². The smallest absolute Gasteiger partial charge is 0.141 e. The molecule has 0 aliphatic rings. The van der Waals surface area contributed by atoms with Gasteiger partial charge in [0.15, 0.2) is 0 Å². The third-order valence-corrected chi connectivity index (χ3v) is 5.22. The molecule has 0 heterocycles. The van der Waals surface area contributed by atoms with E-state index in [4.69, 9.17) is 5.73 Å². The minimum Gasteiger partial charge on any atom is -0.549 e. The van der Waals surface area contributed by atoms with Crippen LogP contribution in [0, 0.1) is 5.41 Å². The van der Waals surface area contributed by atoms with E-state index >= 15 is 0 Å². The van der Waals surface area contributed by atoms with Gasteiger partial charge < -0.3 is 15.6 Å². The third-order valence-electron chi connectivity index (χ3n) is 5.22. The largest absolute Gasteiger partial charge is 0.549 e. The van der Waals surface area contributed by atoms with Crippen LogP contribution in [0.5, 0.6) is 0 Å². The van der Waals surface area contributed by atoms with Crippen molar-refractivity contribution in [3.8, 4) is 0 Å². The number of carboxylic acid groups (broad SMARTS) is 1. The average molecular weight is 341 g/mol. The standard InChI is InChI=1S/C20H39NO3/c1-4-6-7-12-15-20(17(3)22,19(23)24)16-13-10-8-9-11-14-18(21)5-2/h18H,4-16,21H2,1-3H3,(H,23,24)/p-1. The third kappa shape index (κ3) is 8.81. The van der Waals surface area contributed by atoms with E-state index in [0.717, 1.165) is 70.6 Å². The molecule has 0 fully saturated rings. The summed E-state index contributed by atoms with van der Waals surface area (Å²) in [5.74, 6) is -1.42. The van der Waals surface area contributed by atoms with Gasteiger partial charge in [0.2, 0.25) is 0 Å². The molecule has 2 unspecified atom stereocenters. The van der Waals surface area contributed by atoms with E-state index in [1.54, 1.807) is 0 Å². The summed E-state index contributed by atoms with van der Waals surface area (Å²) in [7, 11) is 0. The SMILES string of the molecule is CCCCCCC(CCCCCCCC(N)CC)(C(C)=O)C(=O)[O-]. The first kappa shape index (κ1) is 23.1. The van der Waals surface area contributed by atoms with E-state index < -0.39 is 11.4 Å². The number of rotatable bonds is 16. The number of hydrogen-bond acceptors (Lipinski definition) is 4. The summed E-state index contributed by atoms with van der Waals surface area (Å²) in [6.45, 7) is 5.62. The van der Waals surface area contributed by atoms with Crippen molar-refractivity contribution in [2.24, 2.45) is 11.1 Å². The summed E-state index contributed by atoms with van der Waals surface area (Å²) in [6, 6.07) is 0.302. The molecular weight excluding hydrogens is 302 g/mol. The van der Waals surface area contributed by atoms with Crippen LogP contribution in [-0.4, -0.2) is 17.8 Å². The van der Waals surface area contributed by atoms with Gasteiger partial charge >= 0.3 is 0 Å². The lowest BCUT2D eigenvalue weighted by Crippen LogP contribution is -2.47. The molecule has 142 valence electrons. The molecule has 0 bridgehead atoms. The number of ketones is 1. The summed E-state index contributed by atoms with van der Waals surface area (Å²) in [5.41, 5.74) is 4.63.